The van der Waals surface area contributed by atoms with Crippen LogP contribution in [0.25, 0.3) is 0 Å². The standard InChI is InChI=1S/C20H20N4O/c1-14-6-8-17(9-7-14)23-20-21-11-10-18(24-20)19(25)22-13-16-5-3-4-15(2)12-16/h3-12H,13H2,1-2H3,(H,22,25)(H,21,23,24). The fourth-order valence-electron chi connectivity index (χ4n) is 2.41. The lowest BCUT2D eigenvalue weighted by atomic mass is 10.1. The molecule has 0 aliphatic heterocycles. The molecule has 0 unspecified atom stereocenters. The van der Waals surface area contributed by atoms with E-state index in [4.69, 9.17) is 0 Å². The Morgan fingerprint density at radius 2 is 1.80 bits per heavy atom. The Morgan fingerprint density at radius 3 is 2.56 bits per heavy atom. The largest absolute Gasteiger partial charge is 0.347 e. The molecule has 0 saturated carbocycles. The quantitative estimate of drug-likeness (QED) is 0.746. The van der Waals surface area contributed by atoms with Crippen LogP contribution in [0, 0.1) is 13.8 Å². The summed E-state index contributed by atoms with van der Waals surface area (Å²) in [7, 11) is 0. The van der Waals surface area contributed by atoms with Gasteiger partial charge < -0.3 is 10.6 Å². The van der Waals surface area contributed by atoms with Crippen molar-refractivity contribution in [1.82, 2.24) is 15.3 Å². The fraction of sp³-hybridized carbons (Fsp3) is 0.150. The summed E-state index contributed by atoms with van der Waals surface area (Å²) < 4.78 is 0. The summed E-state index contributed by atoms with van der Waals surface area (Å²) in [4.78, 5) is 20.8. The van der Waals surface area contributed by atoms with Crippen molar-refractivity contribution < 1.29 is 4.79 Å². The SMILES string of the molecule is Cc1ccc(Nc2nccc(C(=O)NCc3cccc(C)c3)n2)cc1. The van der Waals surface area contributed by atoms with Gasteiger partial charge in [0.05, 0.1) is 0 Å². The van der Waals surface area contributed by atoms with E-state index in [-0.39, 0.29) is 5.91 Å². The van der Waals surface area contributed by atoms with Gasteiger partial charge in [-0.1, -0.05) is 47.5 Å². The molecule has 0 saturated heterocycles. The number of nitrogens with zero attached hydrogens (tertiary/aromatic N) is 2. The molecule has 25 heavy (non-hydrogen) atoms. The zero-order valence-electron chi connectivity index (χ0n) is 14.3. The van der Waals surface area contributed by atoms with Crippen molar-refractivity contribution >= 4 is 17.5 Å². The molecule has 1 heterocycles. The van der Waals surface area contributed by atoms with Gasteiger partial charge in [0.15, 0.2) is 0 Å². The Kier molecular flexibility index (Phi) is 5.04. The van der Waals surface area contributed by atoms with Crippen LogP contribution < -0.4 is 10.6 Å². The molecule has 5 heteroatoms. The highest BCUT2D eigenvalue weighted by Gasteiger charge is 2.09. The number of carbonyl (C=O) groups is 1. The van der Waals surface area contributed by atoms with Crippen LogP contribution in [0.5, 0.6) is 0 Å². The monoisotopic (exact) mass is 332 g/mol. The smallest absolute Gasteiger partial charge is 0.270 e. The first-order valence-electron chi connectivity index (χ1n) is 8.10. The lowest BCUT2D eigenvalue weighted by Gasteiger charge is -2.08. The summed E-state index contributed by atoms with van der Waals surface area (Å²) in [6, 6.07) is 17.5. The normalized spacial score (nSPS) is 10.3. The molecule has 0 aliphatic carbocycles. The first-order chi connectivity index (χ1) is 12.1. The third-order valence-electron chi connectivity index (χ3n) is 3.73. The number of hydrogen-bond acceptors (Lipinski definition) is 4. The van der Waals surface area contributed by atoms with Crippen LogP contribution in [-0.2, 0) is 6.54 Å². The molecular weight excluding hydrogens is 312 g/mol. The molecule has 3 rings (SSSR count). The summed E-state index contributed by atoms with van der Waals surface area (Å²) >= 11 is 0. The van der Waals surface area contributed by atoms with Gasteiger partial charge in [-0.2, -0.15) is 0 Å². The number of rotatable bonds is 5. The molecule has 5 nitrogen and oxygen atoms in total. The highest BCUT2D eigenvalue weighted by Crippen LogP contribution is 2.13. The minimum absolute atomic E-state index is 0.226. The first-order valence-corrected chi connectivity index (χ1v) is 8.10. The molecule has 3 aromatic rings. The summed E-state index contributed by atoms with van der Waals surface area (Å²) in [5.41, 5.74) is 4.61. The maximum Gasteiger partial charge on any atom is 0.270 e. The molecule has 2 aromatic carbocycles. The summed E-state index contributed by atoms with van der Waals surface area (Å²) in [6.07, 6.45) is 1.57. The number of aryl methyl sites for hydroxylation is 2. The fourth-order valence-corrected chi connectivity index (χ4v) is 2.41. The van der Waals surface area contributed by atoms with E-state index in [1.165, 1.54) is 11.1 Å². The van der Waals surface area contributed by atoms with E-state index in [2.05, 4.69) is 20.6 Å². The average molecular weight is 332 g/mol. The second-order valence-corrected chi connectivity index (χ2v) is 5.93. The van der Waals surface area contributed by atoms with Crippen LogP contribution in [0.4, 0.5) is 11.6 Å². The lowest BCUT2D eigenvalue weighted by Crippen LogP contribution is -2.24. The second kappa shape index (κ2) is 7.57. The van der Waals surface area contributed by atoms with Crippen molar-refractivity contribution in [3.63, 3.8) is 0 Å². The summed E-state index contributed by atoms with van der Waals surface area (Å²) in [6.45, 7) is 4.52. The topological polar surface area (TPSA) is 66.9 Å². The number of aromatic nitrogens is 2. The Morgan fingerprint density at radius 1 is 1.00 bits per heavy atom. The molecule has 126 valence electrons. The highest BCUT2D eigenvalue weighted by molar-refractivity contribution is 5.92. The molecule has 0 aliphatic rings. The van der Waals surface area contributed by atoms with Crippen LogP contribution in [-0.4, -0.2) is 15.9 Å². The number of anilines is 2. The van der Waals surface area contributed by atoms with Gasteiger partial charge in [-0.3, -0.25) is 4.79 Å². The molecular formula is C20H20N4O. The average Bonchev–Trinajstić information content (AvgIpc) is 2.62. The van der Waals surface area contributed by atoms with Crippen LogP contribution in [0.3, 0.4) is 0 Å². The van der Waals surface area contributed by atoms with E-state index in [0.717, 1.165) is 11.3 Å². The maximum absolute atomic E-state index is 12.3. The second-order valence-electron chi connectivity index (χ2n) is 5.93. The Bertz CT molecular complexity index is 875. The van der Waals surface area contributed by atoms with Crippen molar-refractivity contribution in [1.29, 1.82) is 0 Å². The third-order valence-corrected chi connectivity index (χ3v) is 3.73. The minimum atomic E-state index is -0.226. The predicted molar refractivity (Wildman–Crippen MR) is 98.8 cm³/mol. The van der Waals surface area contributed by atoms with Crippen molar-refractivity contribution in [2.45, 2.75) is 20.4 Å². The number of carbonyl (C=O) groups excluding carboxylic acids is 1. The molecule has 0 atom stereocenters. The predicted octanol–water partition coefficient (Wildman–Crippen LogP) is 3.77. The molecule has 0 radical (unpaired) electrons. The summed E-state index contributed by atoms with van der Waals surface area (Å²) in [5, 5.41) is 5.99. The molecule has 1 aromatic heterocycles. The van der Waals surface area contributed by atoms with Crippen molar-refractivity contribution in [3.05, 3.63) is 83.2 Å². The van der Waals surface area contributed by atoms with Gasteiger partial charge >= 0.3 is 0 Å². The van der Waals surface area contributed by atoms with Crippen molar-refractivity contribution in [2.24, 2.45) is 0 Å². The van der Waals surface area contributed by atoms with Crippen LogP contribution >= 0.6 is 0 Å². The van der Waals surface area contributed by atoms with Gasteiger partial charge in [0.25, 0.3) is 5.91 Å². The zero-order chi connectivity index (χ0) is 17.6. The summed E-state index contributed by atoms with van der Waals surface area (Å²) in [5.74, 6) is 0.169. The molecule has 0 bridgehead atoms. The van der Waals surface area contributed by atoms with Crippen molar-refractivity contribution in [3.8, 4) is 0 Å². The molecule has 1 amide bonds. The van der Waals surface area contributed by atoms with Crippen LogP contribution in [0.2, 0.25) is 0 Å². The Hall–Kier alpha value is -3.21. The highest BCUT2D eigenvalue weighted by atomic mass is 16.1. The van der Waals surface area contributed by atoms with Crippen LogP contribution in [0.15, 0.2) is 60.8 Å². The third kappa shape index (κ3) is 4.64. The van der Waals surface area contributed by atoms with Gasteiger partial charge in [-0.15, -0.1) is 0 Å². The van der Waals surface area contributed by atoms with Gasteiger partial charge in [0.2, 0.25) is 5.95 Å². The number of benzene rings is 2. The van der Waals surface area contributed by atoms with E-state index in [9.17, 15) is 4.79 Å². The van der Waals surface area contributed by atoms with E-state index in [0.29, 0.717) is 18.2 Å². The van der Waals surface area contributed by atoms with Gasteiger partial charge in [0.1, 0.15) is 5.69 Å². The minimum Gasteiger partial charge on any atom is -0.347 e. The number of amides is 1. The maximum atomic E-state index is 12.3. The van der Waals surface area contributed by atoms with Crippen LogP contribution in [0.1, 0.15) is 27.2 Å². The van der Waals surface area contributed by atoms with E-state index in [1.54, 1.807) is 12.3 Å². The lowest BCUT2D eigenvalue weighted by molar-refractivity contribution is 0.0946. The van der Waals surface area contributed by atoms with E-state index >= 15 is 0 Å². The van der Waals surface area contributed by atoms with E-state index in [1.807, 2.05) is 62.4 Å². The molecule has 2 N–H and O–H groups in total. The molecule has 0 fully saturated rings. The van der Waals surface area contributed by atoms with Gasteiger partial charge in [0, 0.05) is 18.4 Å². The van der Waals surface area contributed by atoms with Gasteiger partial charge in [-0.25, -0.2) is 9.97 Å². The van der Waals surface area contributed by atoms with Crippen molar-refractivity contribution in [2.75, 3.05) is 5.32 Å². The van der Waals surface area contributed by atoms with E-state index < -0.39 is 0 Å². The first kappa shape index (κ1) is 16.6. The van der Waals surface area contributed by atoms with Gasteiger partial charge in [-0.05, 0) is 37.6 Å². The number of nitrogens with one attached hydrogen (secondary N) is 2. The zero-order valence-corrected chi connectivity index (χ0v) is 14.3. The Balaban J connectivity index is 1.65. The Labute approximate surface area is 147 Å². The number of hydrogen-bond donors (Lipinski definition) is 2. The molecule has 0 spiro atoms.